The van der Waals surface area contributed by atoms with Crippen LogP contribution in [0.5, 0.6) is 0 Å². The van der Waals surface area contributed by atoms with Crippen molar-refractivity contribution in [2.24, 2.45) is 0 Å². The van der Waals surface area contributed by atoms with E-state index in [0.717, 1.165) is 6.42 Å². The van der Waals surface area contributed by atoms with Crippen LogP contribution >= 0.6 is 0 Å². The van der Waals surface area contributed by atoms with Crippen LogP contribution in [0, 0.1) is 0 Å². The quantitative estimate of drug-likeness (QED) is 0.688. The number of ether oxygens (including phenoxy) is 1. The number of hydrogen-bond donors (Lipinski definition) is 0. The van der Waals surface area contributed by atoms with Crippen molar-refractivity contribution in [1.29, 1.82) is 0 Å². The fraction of sp³-hybridized carbons (Fsp3) is 0.364. The normalized spacial score (nSPS) is 9.86. The summed E-state index contributed by atoms with van der Waals surface area (Å²) in [5.74, 6) is -0.329. The number of carbonyl (C=O) groups excluding carboxylic acids is 1. The van der Waals surface area contributed by atoms with Gasteiger partial charge in [0.1, 0.15) is 6.61 Å². The molecule has 0 atom stereocenters. The molecular weight excluding hydrogens is 180 g/mol. The summed E-state index contributed by atoms with van der Waals surface area (Å²) >= 11 is 0. The van der Waals surface area contributed by atoms with E-state index in [9.17, 15) is 9.90 Å². The maximum Gasteiger partial charge on any atom is 0.338 e. The van der Waals surface area contributed by atoms with Crippen molar-refractivity contribution in [3.63, 3.8) is 0 Å². The Morgan fingerprint density at radius 2 is 1.93 bits per heavy atom. The molecule has 1 rings (SSSR count). The lowest BCUT2D eigenvalue weighted by atomic mass is 10.1. The molecule has 0 aliphatic rings. The molecule has 0 heterocycles. The SMILES string of the molecule is CCCOC(=O)c1ccc(C[O])cc1. The van der Waals surface area contributed by atoms with E-state index >= 15 is 0 Å². The van der Waals surface area contributed by atoms with Crippen molar-refractivity contribution in [2.75, 3.05) is 6.61 Å². The van der Waals surface area contributed by atoms with Crippen molar-refractivity contribution in [2.45, 2.75) is 20.0 Å². The van der Waals surface area contributed by atoms with Crippen molar-refractivity contribution in [1.82, 2.24) is 0 Å². The summed E-state index contributed by atoms with van der Waals surface area (Å²) in [6, 6.07) is 6.53. The summed E-state index contributed by atoms with van der Waals surface area (Å²) in [6.07, 6.45) is 0.810. The lowest BCUT2D eigenvalue weighted by molar-refractivity contribution is 0.0505. The van der Waals surface area contributed by atoms with Gasteiger partial charge in [-0.3, -0.25) is 0 Å². The Bertz CT molecular complexity index is 290. The monoisotopic (exact) mass is 193 g/mol. The van der Waals surface area contributed by atoms with Gasteiger partial charge in [-0.25, -0.2) is 9.90 Å². The zero-order valence-electron chi connectivity index (χ0n) is 8.16. The van der Waals surface area contributed by atoms with Crippen LogP contribution < -0.4 is 0 Å². The van der Waals surface area contributed by atoms with Gasteiger partial charge in [0.05, 0.1) is 12.2 Å². The van der Waals surface area contributed by atoms with Gasteiger partial charge in [0, 0.05) is 0 Å². The number of rotatable bonds is 4. The van der Waals surface area contributed by atoms with E-state index in [-0.39, 0.29) is 12.6 Å². The average molecular weight is 193 g/mol. The summed E-state index contributed by atoms with van der Waals surface area (Å²) in [7, 11) is 0. The Morgan fingerprint density at radius 1 is 1.29 bits per heavy atom. The lowest BCUT2D eigenvalue weighted by Gasteiger charge is -2.02. The van der Waals surface area contributed by atoms with E-state index in [2.05, 4.69) is 0 Å². The first-order valence-electron chi connectivity index (χ1n) is 4.62. The van der Waals surface area contributed by atoms with Crippen LogP contribution in [0.2, 0.25) is 0 Å². The average Bonchev–Trinajstić information content (AvgIpc) is 2.26. The van der Waals surface area contributed by atoms with Crippen molar-refractivity contribution < 1.29 is 14.6 Å². The zero-order chi connectivity index (χ0) is 10.4. The van der Waals surface area contributed by atoms with E-state index in [0.29, 0.717) is 17.7 Å². The summed E-state index contributed by atoms with van der Waals surface area (Å²) in [5.41, 5.74) is 1.17. The molecule has 1 aromatic rings. The highest BCUT2D eigenvalue weighted by molar-refractivity contribution is 5.89. The highest BCUT2D eigenvalue weighted by Crippen LogP contribution is 2.06. The first-order valence-corrected chi connectivity index (χ1v) is 4.62. The Balaban J connectivity index is 2.62. The minimum absolute atomic E-state index is 0.260. The topological polar surface area (TPSA) is 46.2 Å². The maximum atomic E-state index is 11.3. The minimum atomic E-state index is -0.329. The van der Waals surface area contributed by atoms with Gasteiger partial charge in [-0.05, 0) is 24.1 Å². The van der Waals surface area contributed by atoms with E-state index in [1.165, 1.54) is 0 Å². The molecule has 1 aromatic carbocycles. The standard InChI is InChI=1S/C11H13O3/c1-2-7-14-11(13)10-5-3-9(8-12)4-6-10/h3-6H,2,7-8H2,1H3. The van der Waals surface area contributed by atoms with E-state index in [4.69, 9.17) is 4.74 Å². The number of carbonyl (C=O) groups is 1. The van der Waals surface area contributed by atoms with Crippen LogP contribution in [0.1, 0.15) is 29.3 Å². The molecule has 0 spiro atoms. The highest BCUT2D eigenvalue weighted by atomic mass is 16.5. The molecule has 3 heteroatoms. The van der Waals surface area contributed by atoms with Crippen LogP contribution in [0.3, 0.4) is 0 Å². The van der Waals surface area contributed by atoms with Crippen LogP contribution in [0.15, 0.2) is 24.3 Å². The Hall–Kier alpha value is -1.35. The fourth-order valence-electron chi connectivity index (χ4n) is 1.02. The lowest BCUT2D eigenvalue weighted by Crippen LogP contribution is -2.05. The largest absolute Gasteiger partial charge is 0.462 e. The molecule has 0 aromatic heterocycles. The van der Waals surface area contributed by atoms with Crippen molar-refractivity contribution in [3.8, 4) is 0 Å². The molecule has 0 saturated carbocycles. The third kappa shape index (κ3) is 2.85. The van der Waals surface area contributed by atoms with Gasteiger partial charge in [-0.1, -0.05) is 19.1 Å². The molecule has 0 saturated heterocycles. The summed E-state index contributed by atoms with van der Waals surface area (Å²) in [4.78, 5) is 11.3. The molecule has 0 N–H and O–H groups in total. The molecule has 1 radical (unpaired) electrons. The highest BCUT2D eigenvalue weighted by Gasteiger charge is 2.05. The number of esters is 1. The Kier molecular flexibility index (Phi) is 4.13. The Morgan fingerprint density at radius 3 is 2.43 bits per heavy atom. The van der Waals surface area contributed by atoms with Crippen LogP contribution in [-0.2, 0) is 16.5 Å². The van der Waals surface area contributed by atoms with Gasteiger partial charge < -0.3 is 4.74 Å². The summed E-state index contributed by atoms with van der Waals surface area (Å²) in [6.45, 7) is 2.11. The second-order valence-corrected chi connectivity index (χ2v) is 2.98. The molecule has 3 nitrogen and oxygen atoms in total. The first kappa shape index (κ1) is 10.7. The maximum absolute atomic E-state index is 11.3. The molecule has 14 heavy (non-hydrogen) atoms. The molecule has 0 amide bonds. The predicted octanol–water partition coefficient (Wildman–Crippen LogP) is 2.18. The fourth-order valence-corrected chi connectivity index (χ4v) is 1.02. The van der Waals surface area contributed by atoms with E-state index in [1.807, 2.05) is 6.92 Å². The second-order valence-electron chi connectivity index (χ2n) is 2.98. The van der Waals surface area contributed by atoms with Crippen LogP contribution in [-0.4, -0.2) is 12.6 Å². The van der Waals surface area contributed by atoms with Gasteiger partial charge in [-0.15, -0.1) is 0 Å². The van der Waals surface area contributed by atoms with E-state index in [1.54, 1.807) is 24.3 Å². The summed E-state index contributed by atoms with van der Waals surface area (Å²) < 4.78 is 4.93. The van der Waals surface area contributed by atoms with E-state index < -0.39 is 0 Å². The molecule has 0 bridgehead atoms. The van der Waals surface area contributed by atoms with Gasteiger partial charge in [0.25, 0.3) is 0 Å². The minimum Gasteiger partial charge on any atom is -0.462 e. The van der Waals surface area contributed by atoms with Crippen molar-refractivity contribution >= 4 is 5.97 Å². The third-order valence-corrected chi connectivity index (χ3v) is 1.79. The Labute approximate surface area is 83.3 Å². The number of benzene rings is 1. The molecule has 75 valence electrons. The van der Waals surface area contributed by atoms with Gasteiger partial charge >= 0.3 is 5.97 Å². The smallest absolute Gasteiger partial charge is 0.338 e. The molecule has 0 aliphatic heterocycles. The van der Waals surface area contributed by atoms with Crippen molar-refractivity contribution in [3.05, 3.63) is 35.4 Å². The molecular formula is C11H13O3. The predicted molar refractivity (Wildman–Crippen MR) is 51.4 cm³/mol. The molecule has 0 aliphatic carbocycles. The molecule has 0 fully saturated rings. The van der Waals surface area contributed by atoms with Crippen LogP contribution in [0.4, 0.5) is 0 Å². The second kappa shape index (κ2) is 5.40. The van der Waals surface area contributed by atoms with Gasteiger partial charge in [0.15, 0.2) is 0 Å². The summed E-state index contributed by atoms with van der Waals surface area (Å²) in [5, 5.41) is 10.5. The number of hydrogen-bond acceptors (Lipinski definition) is 2. The molecule has 0 unspecified atom stereocenters. The third-order valence-electron chi connectivity index (χ3n) is 1.79. The van der Waals surface area contributed by atoms with Gasteiger partial charge in [0.2, 0.25) is 0 Å². The van der Waals surface area contributed by atoms with Crippen LogP contribution in [0.25, 0.3) is 0 Å². The first-order chi connectivity index (χ1) is 6.77. The van der Waals surface area contributed by atoms with Gasteiger partial charge in [-0.2, -0.15) is 0 Å². The zero-order valence-corrected chi connectivity index (χ0v) is 8.16.